The molecule has 1 heterocycles. The molecular formula is C11H18N2O. The highest BCUT2D eigenvalue weighted by Crippen LogP contribution is 2.14. The number of hydrogen-bond acceptors (Lipinski definition) is 3. The fourth-order valence-corrected chi connectivity index (χ4v) is 1.51. The average Bonchev–Trinajstić information content (AvgIpc) is 2.18. The molecule has 0 aliphatic rings. The number of likely N-dealkylation sites (N-methyl/N-ethyl adjacent to an activating group) is 1. The van der Waals surface area contributed by atoms with Gasteiger partial charge < -0.3 is 10.1 Å². The number of aromatic nitrogens is 1. The molecule has 1 aromatic heterocycles. The second-order valence-electron chi connectivity index (χ2n) is 3.27. The topological polar surface area (TPSA) is 34.1 Å². The largest absolute Gasteiger partial charge is 0.383 e. The predicted octanol–water partition coefficient (Wildman–Crippen LogP) is 1.69. The minimum Gasteiger partial charge on any atom is -0.383 e. The molecule has 0 fully saturated rings. The molecule has 0 saturated heterocycles. The lowest BCUT2D eigenvalue weighted by atomic mass is 10.1. The average molecular weight is 194 g/mol. The molecule has 3 heteroatoms. The van der Waals surface area contributed by atoms with Crippen molar-refractivity contribution < 1.29 is 4.74 Å². The van der Waals surface area contributed by atoms with E-state index < -0.39 is 0 Å². The number of hydrogen-bond donors (Lipinski definition) is 1. The molecule has 1 atom stereocenters. The first-order chi connectivity index (χ1) is 6.79. The Morgan fingerprint density at radius 3 is 2.93 bits per heavy atom. The summed E-state index contributed by atoms with van der Waals surface area (Å²) in [4.78, 5) is 4.37. The van der Waals surface area contributed by atoms with Gasteiger partial charge in [0.25, 0.3) is 0 Å². The number of nitrogens with zero attached hydrogens (tertiary/aromatic N) is 1. The highest BCUT2D eigenvalue weighted by molar-refractivity contribution is 5.21. The molecule has 0 aliphatic carbocycles. The van der Waals surface area contributed by atoms with Crippen LogP contribution in [0.5, 0.6) is 0 Å². The summed E-state index contributed by atoms with van der Waals surface area (Å²) in [5, 5.41) is 3.35. The predicted molar refractivity (Wildman–Crippen MR) is 57.3 cm³/mol. The van der Waals surface area contributed by atoms with Crippen LogP contribution in [0.4, 0.5) is 0 Å². The first kappa shape index (κ1) is 11.1. The highest BCUT2D eigenvalue weighted by Gasteiger charge is 2.12. The van der Waals surface area contributed by atoms with Gasteiger partial charge >= 0.3 is 0 Å². The maximum absolute atomic E-state index is 5.16. The van der Waals surface area contributed by atoms with E-state index in [0.29, 0.717) is 6.61 Å². The van der Waals surface area contributed by atoms with Crippen LogP contribution < -0.4 is 5.32 Å². The fraction of sp³-hybridized carbons (Fsp3) is 0.545. The molecule has 1 aromatic rings. The lowest BCUT2D eigenvalue weighted by Gasteiger charge is -2.17. The van der Waals surface area contributed by atoms with Crippen molar-refractivity contribution in [2.75, 3.05) is 20.3 Å². The summed E-state index contributed by atoms with van der Waals surface area (Å²) in [6, 6.07) is 4.22. The Morgan fingerprint density at radius 2 is 2.36 bits per heavy atom. The van der Waals surface area contributed by atoms with Gasteiger partial charge in [-0.25, -0.2) is 0 Å². The molecule has 1 unspecified atom stereocenters. The van der Waals surface area contributed by atoms with Gasteiger partial charge in [-0.05, 0) is 25.1 Å². The molecule has 14 heavy (non-hydrogen) atoms. The molecule has 0 amide bonds. The van der Waals surface area contributed by atoms with Crippen LogP contribution in [0.2, 0.25) is 0 Å². The van der Waals surface area contributed by atoms with Crippen LogP contribution >= 0.6 is 0 Å². The van der Waals surface area contributed by atoms with Crippen LogP contribution in [-0.2, 0) is 4.74 Å². The number of nitrogens with one attached hydrogen (secondary N) is 1. The van der Waals surface area contributed by atoms with Crippen LogP contribution in [0.15, 0.2) is 18.3 Å². The third kappa shape index (κ3) is 2.79. The maximum atomic E-state index is 5.16. The normalized spacial score (nSPS) is 12.8. The maximum Gasteiger partial charge on any atom is 0.0735 e. The third-order valence-corrected chi connectivity index (χ3v) is 2.16. The summed E-state index contributed by atoms with van der Waals surface area (Å²) in [6.45, 7) is 5.74. The molecule has 0 aromatic carbocycles. The monoisotopic (exact) mass is 194 g/mol. The van der Waals surface area contributed by atoms with E-state index >= 15 is 0 Å². The first-order valence-corrected chi connectivity index (χ1v) is 4.93. The summed E-state index contributed by atoms with van der Waals surface area (Å²) in [5.74, 6) is 0. The second-order valence-corrected chi connectivity index (χ2v) is 3.27. The van der Waals surface area contributed by atoms with E-state index in [9.17, 15) is 0 Å². The van der Waals surface area contributed by atoms with Crippen LogP contribution in [0.25, 0.3) is 0 Å². The van der Waals surface area contributed by atoms with Crippen molar-refractivity contribution in [2.24, 2.45) is 0 Å². The fourth-order valence-electron chi connectivity index (χ4n) is 1.51. The Kier molecular flexibility index (Phi) is 4.56. The van der Waals surface area contributed by atoms with Crippen LogP contribution in [-0.4, -0.2) is 25.2 Å². The molecule has 1 N–H and O–H groups in total. The molecule has 0 bridgehead atoms. The second kappa shape index (κ2) is 5.73. The molecule has 0 radical (unpaired) electrons. The molecular weight excluding hydrogens is 176 g/mol. The summed E-state index contributed by atoms with van der Waals surface area (Å²) < 4.78 is 5.16. The smallest absolute Gasteiger partial charge is 0.0735 e. The standard InChI is InChI=1S/C11H18N2O/c1-4-12-10(8-14-3)11-9(2)6-5-7-13-11/h5-7,10,12H,4,8H2,1-3H3. The molecule has 0 aliphatic heterocycles. The van der Waals surface area contributed by atoms with Crippen LogP contribution in [0.3, 0.4) is 0 Å². The van der Waals surface area contributed by atoms with E-state index in [1.165, 1.54) is 5.56 Å². The number of methoxy groups -OCH3 is 1. The van der Waals surface area contributed by atoms with Crippen molar-refractivity contribution in [3.8, 4) is 0 Å². The molecule has 3 nitrogen and oxygen atoms in total. The molecule has 0 saturated carbocycles. The van der Waals surface area contributed by atoms with Crippen molar-refractivity contribution in [3.63, 3.8) is 0 Å². The van der Waals surface area contributed by atoms with E-state index in [2.05, 4.69) is 30.2 Å². The minimum atomic E-state index is 0.200. The van der Waals surface area contributed by atoms with Gasteiger partial charge in [0.05, 0.1) is 18.3 Å². The Balaban J connectivity index is 2.81. The minimum absolute atomic E-state index is 0.200. The summed E-state index contributed by atoms with van der Waals surface area (Å²) in [6.07, 6.45) is 1.82. The lowest BCUT2D eigenvalue weighted by molar-refractivity contribution is 0.166. The Labute approximate surface area is 85.5 Å². The number of aryl methyl sites for hydroxylation is 1. The zero-order chi connectivity index (χ0) is 10.4. The van der Waals surface area contributed by atoms with Gasteiger partial charge in [0.2, 0.25) is 0 Å². The molecule has 78 valence electrons. The van der Waals surface area contributed by atoms with E-state index in [1.54, 1.807) is 7.11 Å². The Bertz CT molecular complexity index is 270. The van der Waals surface area contributed by atoms with Gasteiger partial charge in [-0.1, -0.05) is 13.0 Å². The molecule has 1 rings (SSSR count). The zero-order valence-corrected chi connectivity index (χ0v) is 9.08. The van der Waals surface area contributed by atoms with Crippen molar-refractivity contribution in [1.82, 2.24) is 10.3 Å². The van der Waals surface area contributed by atoms with Crippen LogP contribution in [0, 0.1) is 6.92 Å². The summed E-state index contributed by atoms with van der Waals surface area (Å²) in [7, 11) is 1.71. The zero-order valence-electron chi connectivity index (χ0n) is 9.08. The first-order valence-electron chi connectivity index (χ1n) is 4.93. The number of ether oxygens (including phenoxy) is 1. The van der Waals surface area contributed by atoms with Crippen LogP contribution in [0.1, 0.15) is 24.2 Å². The van der Waals surface area contributed by atoms with E-state index in [1.807, 2.05) is 12.3 Å². The number of pyridine rings is 1. The van der Waals surface area contributed by atoms with Crippen molar-refractivity contribution in [2.45, 2.75) is 19.9 Å². The van der Waals surface area contributed by atoms with Gasteiger partial charge in [0.15, 0.2) is 0 Å². The van der Waals surface area contributed by atoms with E-state index in [-0.39, 0.29) is 6.04 Å². The van der Waals surface area contributed by atoms with E-state index in [4.69, 9.17) is 4.74 Å². The van der Waals surface area contributed by atoms with Gasteiger partial charge in [-0.2, -0.15) is 0 Å². The van der Waals surface area contributed by atoms with Crippen molar-refractivity contribution in [3.05, 3.63) is 29.6 Å². The van der Waals surface area contributed by atoms with E-state index in [0.717, 1.165) is 12.2 Å². The van der Waals surface area contributed by atoms with Crippen molar-refractivity contribution >= 4 is 0 Å². The van der Waals surface area contributed by atoms with Gasteiger partial charge in [0.1, 0.15) is 0 Å². The third-order valence-electron chi connectivity index (χ3n) is 2.16. The summed E-state index contributed by atoms with van der Waals surface area (Å²) >= 11 is 0. The lowest BCUT2D eigenvalue weighted by Crippen LogP contribution is -2.26. The highest BCUT2D eigenvalue weighted by atomic mass is 16.5. The number of rotatable bonds is 5. The summed E-state index contributed by atoms with van der Waals surface area (Å²) in [5.41, 5.74) is 2.28. The van der Waals surface area contributed by atoms with Crippen molar-refractivity contribution in [1.29, 1.82) is 0 Å². The van der Waals surface area contributed by atoms with Gasteiger partial charge in [-0.3, -0.25) is 4.98 Å². The Morgan fingerprint density at radius 1 is 1.57 bits per heavy atom. The van der Waals surface area contributed by atoms with Gasteiger partial charge in [0, 0.05) is 13.3 Å². The molecule has 0 spiro atoms. The van der Waals surface area contributed by atoms with Gasteiger partial charge in [-0.15, -0.1) is 0 Å². The quantitative estimate of drug-likeness (QED) is 0.774. The SMILES string of the molecule is CCNC(COC)c1ncccc1C. The Hall–Kier alpha value is -0.930.